The van der Waals surface area contributed by atoms with Crippen molar-refractivity contribution in [1.82, 2.24) is 15.1 Å². The standard InChI is InChI=1S/C19H23N3O5/c1-26-12-5-3-11(4-6-12)17(23)20-14-7-8-21-16(14)19(25)22-10-13(27-2)9-15(22)18(21)24/h3-6,13-16H,7-10H2,1-2H3,(H,20,23)/t13-,14+,15+,16+/m1/s1. The number of rotatable bonds is 4. The lowest BCUT2D eigenvalue weighted by molar-refractivity contribution is -0.157. The normalized spacial score (nSPS) is 29.6. The van der Waals surface area contributed by atoms with Crippen molar-refractivity contribution in [2.24, 2.45) is 0 Å². The van der Waals surface area contributed by atoms with Gasteiger partial charge in [0, 0.05) is 32.2 Å². The number of amides is 3. The fraction of sp³-hybridized carbons (Fsp3) is 0.526. The molecule has 0 bridgehead atoms. The number of benzene rings is 1. The van der Waals surface area contributed by atoms with Crippen LogP contribution in [0.2, 0.25) is 0 Å². The van der Waals surface area contributed by atoms with Crippen molar-refractivity contribution in [3.05, 3.63) is 29.8 Å². The molecule has 8 heteroatoms. The zero-order valence-electron chi connectivity index (χ0n) is 15.4. The Morgan fingerprint density at radius 2 is 1.85 bits per heavy atom. The Bertz CT molecular complexity index is 765. The third-order valence-corrected chi connectivity index (χ3v) is 5.77. The molecule has 3 aliphatic heterocycles. The largest absolute Gasteiger partial charge is 0.497 e. The molecule has 3 saturated heterocycles. The van der Waals surface area contributed by atoms with Gasteiger partial charge < -0.3 is 24.6 Å². The van der Waals surface area contributed by atoms with Crippen molar-refractivity contribution < 1.29 is 23.9 Å². The second kappa shape index (κ2) is 6.84. The van der Waals surface area contributed by atoms with E-state index in [1.165, 1.54) is 0 Å². The molecule has 3 fully saturated rings. The highest BCUT2D eigenvalue weighted by Crippen LogP contribution is 2.33. The van der Waals surface area contributed by atoms with Gasteiger partial charge in [-0.2, -0.15) is 0 Å². The molecule has 1 aromatic carbocycles. The summed E-state index contributed by atoms with van der Waals surface area (Å²) in [5.74, 6) is 0.263. The van der Waals surface area contributed by atoms with Crippen LogP contribution in [0.5, 0.6) is 5.75 Å². The molecule has 0 spiro atoms. The number of hydrogen-bond donors (Lipinski definition) is 1. The highest BCUT2D eigenvalue weighted by molar-refractivity contribution is 6.00. The fourth-order valence-electron chi connectivity index (χ4n) is 4.30. The van der Waals surface area contributed by atoms with Gasteiger partial charge in [-0.1, -0.05) is 0 Å². The number of nitrogens with zero attached hydrogens (tertiary/aromatic N) is 2. The summed E-state index contributed by atoms with van der Waals surface area (Å²) in [5, 5.41) is 2.94. The van der Waals surface area contributed by atoms with Crippen molar-refractivity contribution in [2.75, 3.05) is 27.3 Å². The molecule has 0 aromatic heterocycles. The van der Waals surface area contributed by atoms with Crippen molar-refractivity contribution in [3.63, 3.8) is 0 Å². The molecule has 3 heterocycles. The Morgan fingerprint density at radius 3 is 2.52 bits per heavy atom. The Balaban J connectivity index is 1.50. The van der Waals surface area contributed by atoms with E-state index in [1.54, 1.807) is 48.3 Å². The van der Waals surface area contributed by atoms with Gasteiger partial charge in [0.2, 0.25) is 11.8 Å². The first-order chi connectivity index (χ1) is 13.0. The number of methoxy groups -OCH3 is 2. The third-order valence-electron chi connectivity index (χ3n) is 5.77. The lowest BCUT2D eigenvalue weighted by Crippen LogP contribution is -2.64. The summed E-state index contributed by atoms with van der Waals surface area (Å²) in [6.45, 7) is 0.903. The van der Waals surface area contributed by atoms with Crippen LogP contribution in [0.25, 0.3) is 0 Å². The van der Waals surface area contributed by atoms with E-state index in [9.17, 15) is 14.4 Å². The molecule has 0 radical (unpaired) electrons. The number of ether oxygens (including phenoxy) is 2. The van der Waals surface area contributed by atoms with E-state index in [4.69, 9.17) is 9.47 Å². The summed E-state index contributed by atoms with van der Waals surface area (Å²) >= 11 is 0. The van der Waals surface area contributed by atoms with Crippen molar-refractivity contribution in [1.29, 1.82) is 0 Å². The molecule has 1 N–H and O–H groups in total. The van der Waals surface area contributed by atoms with Crippen LogP contribution in [0, 0.1) is 0 Å². The molecule has 0 aliphatic carbocycles. The first-order valence-corrected chi connectivity index (χ1v) is 9.12. The average Bonchev–Trinajstić information content (AvgIpc) is 3.31. The van der Waals surface area contributed by atoms with Gasteiger partial charge in [0.15, 0.2) is 0 Å². The van der Waals surface area contributed by atoms with Crippen LogP contribution in [-0.4, -0.2) is 79.1 Å². The van der Waals surface area contributed by atoms with E-state index in [0.29, 0.717) is 37.2 Å². The molecule has 3 amide bonds. The quantitative estimate of drug-likeness (QED) is 0.804. The molecule has 4 rings (SSSR count). The topological polar surface area (TPSA) is 88.2 Å². The SMILES string of the molecule is COc1ccc(C(=O)N[C@H]2CCN3C(=O)[C@@H]4C[C@@H](OC)CN4C(=O)[C@H]23)cc1. The van der Waals surface area contributed by atoms with Gasteiger partial charge in [-0.3, -0.25) is 14.4 Å². The minimum Gasteiger partial charge on any atom is -0.497 e. The van der Waals surface area contributed by atoms with Gasteiger partial charge in [-0.05, 0) is 30.7 Å². The maximum atomic E-state index is 13.0. The molecule has 3 aliphatic rings. The molecule has 0 saturated carbocycles. The summed E-state index contributed by atoms with van der Waals surface area (Å²) in [4.78, 5) is 41.7. The number of piperazine rings is 1. The molecule has 1 aromatic rings. The zero-order valence-corrected chi connectivity index (χ0v) is 15.4. The maximum Gasteiger partial charge on any atom is 0.251 e. The van der Waals surface area contributed by atoms with E-state index in [-0.39, 0.29) is 23.8 Å². The summed E-state index contributed by atoms with van der Waals surface area (Å²) in [6.07, 6.45) is 0.987. The lowest BCUT2D eigenvalue weighted by Gasteiger charge is -2.40. The van der Waals surface area contributed by atoms with Crippen LogP contribution in [0.1, 0.15) is 23.2 Å². The van der Waals surface area contributed by atoms with Crippen molar-refractivity contribution >= 4 is 17.7 Å². The van der Waals surface area contributed by atoms with Gasteiger partial charge in [-0.25, -0.2) is 0 Å². The van der Waals surface area contributed by atoms with Gasteiger partial charge in [-0.15, -0.1) is 0 Å². The number of carbonyl (C=O) groups excluding carboxylic acids is 3. The maximum absolute atomic E-state index is 13.0. The monoisotopic (exact) mass is 373 g/mol. The summed E-state index contributed by atoms with van der Waals surface area (Å²) < 4.78 is 10.4. The highest BCUT2D eigenvalue weighted by atomic mass is 16.5. The van der Waals surface area contributed by atoms with E-state index in [0.717, 1.165) is 0 Å². The summed E-state index contributed by atoms with van der Waals surface area (Å²) in [7, 11) is 3.16. The number of carbonyl (C=O) groups is 3. The first-order valence-electron chi connectivity index (χ1n) is 9.12. The van der Waals surface area contributed by atoms with Crippen molar-refractivity contribution in [2.45, 2.75) is 37.1 Å². The van der Waals surface area contributed by atoms with Gasteiger partial charge in [0.05, 0.1) is 19.3 Å². The van der Waals surface area contributed by atoms with Gasteiger partial charge >= 0.3 is 0 Å². The van der Waals surface area contributed by atoms with Gasteiger partial charge in [0.1, 0.15) is 17.8 Å². The van der Waals surface area contributed by atoms with E-state index in [2.05, 4.69) is 5.32 Å². The third kappa shape index (κ3) is 2.93. The van der Waals surface area contributed by atoms with Crippen LogP contribution >= 0.6 is 0 Å². The van der Waals surface area contributed by atoms with Crippen LogP contribution in [0.15, 0.2) is 24.3 Å². The highest BCUT2D eigenvalue weighted by Gasteiger charge is 2.55. The Hall–Kier alpha value is -2.61. The molecule has 8 nitrogen and oxygen atoms in total. The molecular weight excluding hydrogens is 350 g/mol. The van der Waals surface area contributed by atoms with E-state index >= 15 is 0 Å². The predicted octanol–water partition coefficient (Wildman–Crippen LogP) is 0.0240. The minimum atomic E-state index is -0.633. The summed E-state index contributed by atoms with van der Waals surface area (Å²) in [6, 6.07) is 5.32. The second-order valence-electron chi connectivity index (χ2n) is 7.17. The smallest absolute Gasteiger partial charge is 0.251 e. The van der Waals surface area contributed by atoms with Crippen LogP contribution in [-0.2, 0) is 14.3 Å². The lowest BCUT2D eigenvalue weighted by atomic mass is 10.0. The summed E-state index contributed by atoms with van der Waals surface area (Å²) in [5.41, 5.74) is 0.488. The van der Waals surface area contributed by atoms with Crippen molar-refractivity contribution in [3.8, 4) is 5.75 Å². The van der Waals surface area contributed by atoms with Crippen LogP contribution in [0.4, 0.5) is 0 Å². The predicted molar refractivity (Wildman–Crippen MR) is 95.3 cm³/mol. The van der Waals surface area contributed by atoms with Crippen LogP contribution in [0.3, 0.4) is 0 Å². The van der Waals surface area contributed by atoms with Crippen LogP contribution < -0.4 is 10.1 Å². The Kier molecular flexibility index (Phi) is 4.51. The molecule has 144 valence electrons. The molecule has 27 heavy (non-hydrogen) atoms. The minimum absolute atomic E-state index is 0.0413. The van der Waals surface area contributed by atoms with E-state index < -0.39 is 18.1 Å². The number of fused-ring (bicyclic) bond motifs is 2. The molecule has 4 atom stereocenters. The zero-order chi connectivity index (χ0) is 19.1. The molecular formula is C19H23N3O5. The van der Waals surface area contributed by atoms with Gasteiger partial charge in [0.25, 0.3) is 5.91 Å². The average molecular weight is 373 g/mol. The van der Waals surface area contributed by atoms with E-state index in [1.807, 2.05) is 0 Å². The second-order valence-corrected chi connectivity index (χ2v) is 7.17. The number of nitrogens with one attached hydrogen (secondary N) is 1. The Labute approximate surface area is 157 Å². The number of hydrogen-bond acceptors (Lipinski definition) is 5. The Morgan fingerprint density at radius 1 is 1.11 bits per heavy atom. The molecule has 0 unspecified atom stereocenters. The first kappa shape index (κ1) is 17.8. The fourth-order valence-corrected chi connectivity index (χ4v) is 4.30.